The zero-order valence-electron chi connectivity index (χ0n) is 16.0. The summed E-state index contributed by atoms with van der Waals surface area (Å²) >= 11 is 0. The molecular formula is C20H27Cl2N5O2. The van der Waals surface area contributed by atoms with Crippen molar-refractivity contribution in [2.45, 2.75) is 25.8 Å². The first-order valence-electron chi connectivity index (χ1n) is 9.23. The van der Waals surface area contributed by atoms with Gasteiger partial charge in [-0.15, -0.1) is 24.8 Å². The van der Waals surface area contributed by atoms with Crippen LogP contribution < -0.4 is 21.3 Å². The SMILES string of the molecule is Cl.Cl.O=C(CCC1CCNC1)Nc1cccc(NC(=O)NCc2ccncc2)c1. The van der Waals surface area contributed by atoms with Crippen LogP contribution in [-0.4, -0.2) is 30.0 Å². The molecule has 1 unspecified atom stereocenters. The Morgan fingerprint density at radius 3 is 2.48 bits per heavy atom. The fourth-order valence-corrected chi connectivity index (χ4v) is 3.05. The van der Waals surface area contributed by atoms with E-state index in [-0.39, 0.29) is 36.8 Å². The van der Waals surface area contributed by atoms with Gasteiger partial charge in [-0.3, -0.25) is 9.78 Å². The summed E-state index contributed by atoms with van der Waals surface area (Å²) in [6.45, 7) is 2.46. The number of nitrogens with one attached hydrogen (secondary N) is 4. The third-order valence-corrected chi connectivity index (χ3v) is 4.55. The van der Waals surface area contributed by atoms with E-state index >= 15 is 0 Å². The van der Waals surface area contributed by atoms with Crippen LogP contribution in [0.1, 0.15) is 24.8 Å². The van der Waals surface area contributed by atoms with Crippen molar-refractivity contribution in [1.82, 2.24) is 15.6 Å². The number of carbonyl (C=O) groups excluding carboxylic acids is 2. The standard InChI is InChI=1S/C20H25N5O2.2ClH/c26-19(5-4-15-8-11-22-13-15)24-17-2-1-3-18(12-17)25-20(27)23-14-16-6-9-21-10-7-16;;/h1-3,6-7,9-10,12,15,22H,4-5,8,11,13-14H2,(H,24,26)(H2,23,25,27);2*1H. The Kier molecular flexibility index (Phi) is 11.1. The van der Waals surface area contributed by atoms with Gasteiger partial charge >= 0.3 is 6.03 Å². The number of halogens is 2. The van der Waals surface area contributed by atoms with Crippen molar-refractivity contribution in [3.8, 4) is 0 Å². The van der Waals surface area contributed by atoms with Gasteiger partial charge in [0.2, 0.25) is 5.91 Å². The predicted molar refractivity (Wildman–Crippen MR) is 120 cm³/mol. The average Bonchev–Trinajstić information content (AvgIpc) is 3.20. The van der Waals surface area contributed by atoms with E-state index in [9.17, 15) is 9.59 Å². The zero-order valence-corrected chi connectivity index (χ0v) is 17.7. The van der Waals surface area contributed by atoms with Crippen molar-refractivity contribution < 1.29 is 9.59 Å². The summed E-state index contributed by atoms with van der Waals surface area (Å²) in [5, 5.41) is 11.8. The highest BCUT2D eigenvalue weighted by atomic mass is 35.5. The summed E-state index contributed by atoms with van der Waals surface area (Å²) in [6, 6.07) is 10.5. The Morgan fingerprint density at radius 1 is 1.07 bits per heavy atom. The van der Waals surface area contributed by atoms with Crippen LogP contribution >= 0.6 is 24.8 Å². The largest absolute Gasteiger partial charge is 0.334 e. The molecule has 7 nitrogen and oxygen atoms in total. The summed E-state index contributed by atoms with van der Waals surface area (Å²) in [7, 11) is 0. The van der Waals surface area contributed by atoms with Gasteiger partial charge in [0, 0.05) is 36.7 Å². The molecule has 1 aliphatic rings. The quantitative estimate of drug-likeness (QED) is 0.530. The van der Waals surface area contributed by atoms with Gasteiger partial charge in [-0.1, -0.05) is 6.07 Å². The molecule has 1 aromatic heterocycles. The third-order valence-electron chi connectivity index (χ3n) is 4.55. The molecule has 0 saturated carbocycles. The van der Waals surface area contributed by atoms with Gasteiger partial charge in [-0.25, -0.2) is 4.79 Å². The molecule has 1 fully saturated rings. The Labute approximate surface area is 183 Å². The zero-order chi connectivity index (χ0) is 18.9. The minimum Gasteiger partial charge on any atom is -0.334 e. The number of hydrogen-bond donors (Lipinski definition) is 4. The van der Waals surface area contributed by atoms with E-state index in [1.165, 1.54) is 0 Å². The highest BCUT2D eigenvalue weighted by molar-refractivity contribution is 5.93. The maximum atomic E-state index is 12.1. The number of aromatic nitrogens is 1. The molecule has 0 spiro atoms. The molecule has 0 radical (unpaired) electrons. The van der Waals surface area contributed by atoms with Gasteiger partial charge in [0.25, 0.3) is 0 Å². The summed E-state index contributed by atoms with van der Waals surface area (Å²) in [6.07, 6.45) is 5.92. The fourth-order valence-electron chi connectivity index (χ4n) is 3.05. The lowest BCUT2D eigenvalue weighted by Crippen LogP contribution is -2.28. The molecule has 1 aromatic carbocycles. The molecule has 0 aliphatic carbocycles. The lowest BCUT2D eigenvalue weighted by molar-refractivity contribution is -0.116. The van der Waals surface area contributed by atoms with E-state index in [2.05, 4.69) is 26.3 Å². The molecule has 1 atom stereocenters. The second kappa shape index (κ2) is 13.0. The predicted octanol–water partition coefficient (Wildman–Crippen LogP) is 3.58. The van der Waals surface area contributed by atoms with Crippen LogP contribution in [-0.2, 0) is 11.3 Å². The minimum absolute atomic E-state index is 0. The first-order chi connectivity index (χ1) is 13.2. The lowest BCUT2D eigenvalue weighted by Gasteiger charge is -2.11. The fraction of sp³-hybridized carbons (Fsp3) is 0.350. The number of amides is 3. The molecule has 158 valence electrons. The smallest absolute Gasteiger partial charge is 0.319 e. The molecule has 2 aromatic rings. The second-order valence-electron chi connectivity index (χ2n) is 6.69. The molecule has 4 N–H and O–H groups in total. The highest BCUT2D eigenvalue weighted by Gasteiger charge is 2.15. The summed E-state index contributed by atoms with van der Waals surface area (Å²) < 4.78 is 0. The molecule has 3 rings (SSSR count). The number of hydrogen-bond acceptors (Lipinski definition) is 4. The molecule has 2 heterocycles. The molecule has 0 bridgehead atoms. The van der Waals surface area contributed by atoms with E-state index in [0.717, 1.165) is 31.5 Å². The molecule has 1 saturated heterocycles. The van der Waals surface area contributed by atoms with E-state index in [4.69, 9.17) is 0 Å². The van der Waals surface area contributed by atoms with Gasteiger partial charge < -0.3 is 21.3 Å². The maximum Gasteiger partial charge on any atom is 0.319 e. The van der Waals surface area contributed by atoms with E-state index in [1.807, 2.05) is 18.2 Å². The van der Waals surface area contributed by atoms with Gasteiger partial charge in [-0.05, 0) is 67.7 Å². The van der Waals surface area contributed by atoms with Crippen LogP contribution in [0.15, 0.2) is 48.8 Å². The Bertz CT molecular complexity index is 770. The van der Waals surface area contributed by atoms with Crippen molar-refractivity contribution >= 4 is 48.1 Å². The van der Waals surface area contributed by atoms with Crippen molar-refractivity contribution in [3.05, 3.63) is 54.4 Å². The van der Waals surface area contributed by atoms with Gasteiger partial charge in [0.1, 0.15) is 0 Å². The second-order valence-corrected chi connectivity index (χ2v) is 6.69. The van der Waals surface area contributed by atoms with Crippen molar-refractivity contribution in [1.29, 1.82) is 0 Å². The molecule has 9 heteroatoms. The first kappa shape index (κ1) is 24.7. The number of nitrogens with zero attached hydrogens (tertiary/aromatic N) is 1. The number of carbonyl (C=O) groups is 2. The normalized spacial score (nSPS) is 14.8. The monoisotopic (exact) mass is 439 g/mol. The first-order valence-corrected chi connectivity index (χ1v) is 9.23. The van der Waals surface area contributed by atoms with Crippen LogP contribution in [0.3, 0.4) is 0 Å². The number of pyridine rings is 1. The molecule has 29 heavy (non-hydrogen) atoms. The van der Waals surface area contributed by atoms with E-state index < -0.39 is 0 Å². The summed E-state index contributed by atoms with van der Waals surface area (Å²) in [5.74, 6) is 0.592. The number of anilines is 2. The van der Waals surface area contributed by atoms with E-state index in [1.54, 1.807) is 30.6 Å². The van der Waals surface area contributed by atoms with Crippen LogP contribution in [0, 0.1) is 5.92 Å². The Hall–Kier alpha value is -2.35. The Morgan fingerprint density at radius 2 is 1.79 bits per heavy atom. The van der Waals surface area contributed by atoms with Crippen LogP contribution in [0.5, 0.6) is 0 Å². The number of benzene rings is 1. The van der Waals surface area contributed by atoms with E-state index in [0.29, 0.717) is 30.3 Å². The van der Waals surface area contributed by atoms with Crippen molar-refractivity contribution in [3.63, 3.8) is 0 Å². The lowest BCUT2D eigenvalue weighted by atomic mass is 10.0. The van der Waals surface area contributed by atoms with Crippen LogP contribution in [0.4, 0.5) is 16.2 Å². The van der Waals surface area contributed by atoms with Gasteiger partial charge in [-0.2, -0.15) is 0 Å². The molecule has 1 aliphatic heterocycles. The van der Waals surface area contributed by atoms with Crippen molar-refractivity contribution in [2.24, 2.45) is 5.92 Å². The molecular weight excluding hydrogens is 413 g/mol. The summed E-state index contributed by atoms with van der Waals surface area (Å²) in [4.78, 5) is 28.1. The summed E-state index contributed by atoms with van der Waals surface area (Å²) in [5.41, 5.74) is 2.27. The highest BCUT2D eigenvalue weighted by Crippen LogP contribution is 2.18. The maximum absolute atomic E-state index is 12.1. The average molecular weight is 440 g/mol. The molecule has 3 amide bonds. The Balaban J connectivity index is 0.00000210. The van der Waals surface area contributed by atoms with Crippen LogP contribution in [0.2, 0.25) is 0 Å². The number of urea groups is 1. The van der Waals surface area contributed by atoms with Crippen molar-refractivity contribution in [2.75, 3.05) is 23.7 Å². The van der Waals surface area contributed by atoms with Gasteiger partial charge in [0.05, 0.1) is 0 Å². The minimum atomic E-state index is -0.302. The van der Waals surface area contributed by atoms with Gasteiger partial charge in [0.15, 0.2) is 0 Å². The van der Waals surface area contributed by atoms with Crippen LogP contribution in [0.25, 0.3) is 0 Å². The topological polar surface area (TPSA) is 95.2 Å². The third kappa shape index (κ3) is 8.68. The number of rotatable bonds is 7.